The molecule has 0 fully saturated rings. The van der Waals surface area contributed by atoms with Crippen molar-refractivity contribution in [2.45, 2.75) is 51.9 Å². The van der Waals surface area contributed by atoms with Gasteiger partial charge in [0.15, 0.2) is 5.84 Å². The van der Waals surface area contributed by atoms with Crippen LogP contribution in [-0.2, 0) is 0 Å². The number of aliphatic imine (C=N–C) groups is 2. The third-order valence-electron chi connectivity index (χ3n) is 10.6. The molecule has 5 aliphatic carbocycles. The lowest BCUT2D eigenvalue weighted by Crippen LogP contribution is -2.25. The van der Waals surface area contributed by atoms with Crippen LogP contribution in [0.1, 0.15) is 57.4 Å². The van der Waals surface area contributed by atoms with Crippen LogP contribution >= 0.6 is 0 Å². The number of nitrogens with zero attached hydrogens (tertiary/aromatic N) is 2. The van der Waals surface area contributed by atoms with Crippen molar-refractivity contribution in [2.75, 3.05) is 0 Å². The summed E-state index contributed by atoms with van der Waals surface area (Å²) in [6.07, 6.45) is 38.4. The summed E-state index contributed by atoms with van der Waals surface area (Å²) in [7, 11) is 0. The maximum absolute atomic E-state index is 5.50. The molecular formula is C43H42N2. The van der Waals surface area contributed by atoms with Gasteiger partial charge < -0.3 is 0 Å². The van der Waals surface area contributed by atoms with Gasteiger partial charge in [-0.1, -0.05) is 122 Å². The van der Waals surface area contributed by atoms with Crippen molar-refractivity contribution in [3.8, 4) is 0 Å². The van der Waals surface area contributed by atoms with Gasteiger partial charge in [0.25, 0.3) is 0 Å². The molecule has 0 saturated carbocycles. The fourth-order valence-electron chi connectivity index (χ4n) is 7.93. The summed E-state index contributed by atoms with van der Waals surface area (Å²) in [5.41, 5.74) is 9.04. The second kappa shape index (κ2) is 12.2. The molecule has 5 atom stereocenters. The highest BCUT2D eigenvalue weighted by Gasteiger charge is 2.29. The summed E-state index contributed by atoms with van der Waals surface area (Å²) >= 11 is 0. The summed E-state index contributed by atoms with van der Waals surface area (Å²) in [5, 5.41) is 2.48. The van der Waals surface area contributed by atoms with Gasteiger partial charge in [0.2, 0.25) is 0 Å². The highest BCUT2D eigenvalue weighted by atomic mass is 14.9. The number of benzene rings is 2. The zero-order valence-corrected chi connectivity index (χ0v) is 26.3. The van der Waals surface area contributed by atoms with Crippen LogP contribution in [0, 0.1) is 29.6 Å². The minimum absolute atomic E-state index is 0.249. The number of hydrogen-bond acceptors (Lipinski definition) is 2. The average Bonchev–Trinajstić information content (AvgIpc) is 3.10. The Hall–Kier alpha value is -4.30. The SMILES string of the molecule is CC1C/C=C(C2C=CC(C3=CCC4C=CC=CC4=C3)=CC2)/N=C(c2ccc3ccccc3c2)\N=C/1C1=CC2CCC=CC2CC1. The lowest BCUT2D eigenvalue weighted by atomic mass is 9.73. The Kier molecular flexibility index (Phi) is 7.67. The van der Waals surface area contributed by atoms with Crippen molar-refractivity contribution in [2.24, 2.45) is 39.6 Å². The molecule has 0 radical (unpaired) electrons. The normalized spacial score (nSPS) is 32.6. The Morgan fingerprint density at radius 1 is 0.733 bits per heavy atom. The van der Waals surface area contributed by atoms with E-state index in [0.717, 1.165) is 42.8 Å². The van der Waals surface area contributed by atoms with Crippen LogP contribution in [-0.4, -0.2) is 11.5 Å². The number of fused-ring (bicyclic) bond motifs is 3. The van der Waals surface area contributed by atoms with Gasteiger partial charge in [-0.2, -0.15) is 0 Å². The first-order valence-electron chi connectivity index (χ1n) is 17.1. The lowest BCUT2D eigenvalue weighted by molar-refractivity contribution is 0.387. The molecule has 0 saturated heterocycles. The molecule has 0 amide bonds. The lowest BCUT2D eigenvalue weighted by Gasteiger charge is -2.32. The second-order valence-corrected chi connectivity index (χ2v) is 13.6. The van der Waals surface area contributed by atoms with Crippen LogP contribution in [0.2, 0.25) is 0 Å². The number of allylic oxidation sites excluding steroid dienone is 17. The standard InChI is InChI=1S/C43H42N2/c1-29-14-25-41(34-20-15-33(16-21-34)38-22-17-30-8-2-5-11-35(30)26-38)44-43(40-24-19-32-10-4-7-13-37(32)28-40)45-42(29)39-23-18-31-9-3-6-12-36(31)27-39/h2-5,7-11,13,15-16,19-20,22,24-31,34,36H,6,12,14,17-18,21,23H2,1H3/b41-25+,44-43-,45-42+. The Labute approximate surface area is 268 Å². The van der Waals surface area contributed by atoms with Crippen molar-refractivity contribution in [3.63, 3.8) is 0 Å². The van der Waals surface area contributed by atoms with Gasteiger partial charge in [0.1, 0.15) is 0 Å². The van der Waals surface area contributed by atoms with E-state index >= 15 is 0 Å². The molecule has 2 heteroatoms. The zero-order chi connectivity index (χ0) is 30.2. The first-order chi connectivity index (χ1) is 22.2. The fraction of sp³-hybridized carbons (Fsp3) is 0.302. The molecule has 2 aromatic carbocycles. The van der Waals surface area contributed by atoms with Crippen molar-refractivity contribution in [1.82, 2.24) is 0 Å². The van der Waals surface area contributed by atoms with Crippen LogP contribution in [0.5, 0.6) is 0 Å². The molecule has 5 unspecified atom stereocenters. The van der Waals surface area contributed by atoms with Gasteiger partial charge >= 0.3 is 0 Å². The van der Waals surface area contributed by atoms with E-state index in [2.05, 4.69) is 128 Å². The molecule has 2 aromatic rings. The first-order valence-corrected chi connectivity index (χ1v) is 17.1. The summed E-state index contributed by atoms with van der Waals surface area (Å²) < 4.78 is 0. The van der Waals surface area contributed by atoms with Crippen LogP contribution in [0.15, 0.2) is 159 Å². The summed E-state index contributed by atoms with van der Waals surface area (Å²) in [6, 6.07) is 15.3. The van der Waals surface area contributed by atoms with E-state index in [9.17, 15) is 0 Å². The first kappa shape index (κ1) is 28.2. The Morgan fingerprint density at radius 3 is 2.53 bits per heavy atom. The molecule has 45 heavy (non-hydrogen) atoms. The topological polar surface area (TPSA) is 24.7 Å². The maximum Gasteiger partial charge on any atom is 0.159 e. The second-order valence-electron chi connectivity index (χ2n) is 13.6. The quantitative estimate of drug-likeness (QED) is 0.318. The Balaban J connectivity index is 1.13. The molecule has 0 aromatic heterocycles. The minimum Gasteiger partial charge on any atom is -0.233 e. The predicted molar refractivity (Wildman–Crippen MR) is 190 cm³/mol. The van der Waals surface area contributed by atoms with Crippen molar-refractivity contribution in [1.29, 1.82) is 0 Å². The largest absolute Gasteiger partial charge is 0.233 e. The van der Waals surface area contributed by atoms with Crippen molar-refractivity contribution >= 4 is 22.3 Å². The molecule has 0 bridgehead atoms. The van der Waals surface area contributed by atoms with Crippen LogP contribution in [0.4, 0.5) is 0 Å². The van der Waals surface area contributed by atoms with Gasteiger partial charge in [-0.3, -0.25) is 0 Å². The maximum atomic E-state index is 5.50. The van der Waals surface area contributed by atoms with E-state index in [1.165, 1.54) is 58.0 Å². The molecule has 0 spiro atoms. The van der Waals surface area contributed by atoms with Crippen LogP contribution < -0.4 is 0 Å². The summed E-state index contributed by atoms with van der Waals surface area (Å²) in [5.74, 6) is 3.31. The Bertz CT molecular complexity index is 1860. The van der Waals surface area contributed by atoms with Gasteiger partial charge in [-0.25, -0.2) is 9.98 Å². The number of hydrogen-bond donors (Lipinski definition) is 0. The van der Waals surface area contributed by atoms with E-state index in [-0.39, 0.29) is 5.92 Å². The highest BCUT2D eigenvalue weighted by molar-refractivity contribution is 6.14. The summed E-state index contributed by atoms with van der Waals surface area (Å²) in [4.78, 5) is 10.9. The molecule has 6 aliphatic rings. The van der Waals surface area contributed by atoms with E-state index in [1.807, 2.05) is 0 Å². The van der Waals surface area contributed by atoms with Gasteiger partial charge in [0.05, 0.1) is 0 Å². The predicted octanol–water partition coefficient (Wildman–Crippen LogP) is 10.8. The third kappa shape index (κ3) is 5.79. The molecule has 8 rings (SSSR count). The molecule has 1 heterocycles. The average molecular weight is 587 g/mol. The summed E-state index contributed by atoms with van der Waals surface area (Å²) in [6.45, 7) is 2.36. The fourth-order valence-corrected chi connectivity index (χ4v) is 7.93. The van der Waals surface area contributed by atoms with E-state index in [4.69, 9.17) is 9.98 Å². The molecule has 1 aliphatic heterocycles. The monoisotopic (exact) mass is 586 g/mol. The molecule has 2 nitrogen and oxygen atoms in total. The van der Waals surface area contributed by atoms with Crippen molar-refractivity contribution in [3.05, 3.63) is 155 Å². The van der Waals surface area contributed by atoms with Crippen molar-refractivity contribution < 1.29 is 0 Å². The molecule has 224 valence electrons. The van der Waals surface area contributed by atoms with Gasteiger partial charge in [0, 0.05) is 34.7 Å². The molecule has 0 N–H and O–H groups in total. The van der Waals surface area contributed by atoms with Gasteiger partial charge in [-0.05, 0) is 95.9 Å². The van der Waals surface area contributed by atoms with Crippen LogP contribution in [0.3, 0.4) is 0 Å². The van der Waals surface area contributed by atoms with E-state index in [0.29, 0.717) is 23.7 Å². The smallest absolute Gasteiger partial charge is 0.159 e. The van der Waals surface area contributed by atoms with E-state index in [1.54, 1.807) is 0 Å². The van der Waals surface area contributed by atoms with Crippen LogP contribution in [0.25, 0.3) is 10.8 Å². The zero-order valence-electron chi connectivity index (χ0n) is 26.3. The number of rotatable bonds is 4. The molecular weight excluding hydrogens is 544 g/mol. The third-order valence-corrected chi connectivity index (χ3v) is 10.6. The van der Waals surface area contributed by atoms with Gasteiger partial charge in [-0.15, -0.1) is 0 Å². The number of amidine groups is 1. The Morgan fingerprint density at radius 2 is 1.62 bits per heavy atom. The highest BCUT2D eigenvalue weighted by Crippen LogP contribution is 2.39. The minimum atomic E-state index is 0.249. The van der Waals surface area contributed by atoms with E-state index < -0.39 is 0 Å².